The fourth-order valence-corrected chi connectivity index (χ4v) is 4.19. The van der Waals surface area contributed by atoms with Crippen LogP contribution in [0.15, 0.2) is 58.8 Å². The van der Waals surface area contributed by atoms with E-state index in [1.54, 1.807) is 4.90 Å². The Kier molecular flexibility index (Phi) is 3.43. The average Bonchev–Trinajstić information content (AvgIpc) is 3.08. The molecule has 0 fully saturated rings. The zero-order chi connectivity index (χ0) is 16.0. The van der Waals surface area contributed by atoms with Crippen LogP contribution in [-0.4, -0.2) is 22.5 Å². The summed E-state index contributed by atoms with van der Waals surface area (Å²) in [6.07, 6.45) is 0. The minimum atomic E-state index is 0.185. The number of nitrogens with zero attached hydrogens (tertiary/aromatic N) is 2. The lowest BCUT2D eigenvalue weighted by molar-refractivity contribution is 0.411. The molecule has 2 aromatic carbocycles. The Morgan fingerprint density at radius 2 is 1.87 bits per heavy atom. The van der Waals surface area contributed by atoms with Gasteiger partial charge in [0.25, 0.3) is 0 Å². The Labute approximate surface area is 145 Å². The Hall–Kier alpha value is -2.18. The summed E-state index contributed by atoms with van der Waals surface area (Å²) in [4.78, 5) is 6.35. The maximum atomic E-state index is 10.4. The smallest absolute Gasteiger partial charge is 0.139 e. The van der Waals surface area contributed by atoms with Gasteiger partial charge in [-0.2, -0.15) is 0 Å². The monoisotopic (exact) mass is 385 g/mol. The van der Waals surface area contributed by atoms with Gasteiger partial charge in [0.05, 0.1) is 28.0 Å². The van der Waals surface area contributed by atoms with Crippen LogP contribution in [0.5, 0.6) is 0 Å². The maximum Gasteiger partial charge on any atom is 0.139 e. The van der Waals surface area contributed by atoms with Gasteiger partial charge < -0.3 is 10.0 Å². The molecule has 1 aliphatic heterocycles. The number of thiazole rings is 1. The fourth-order valence-electron chi connectivity index (χ4n) is 2.66. The molecule has 1 aliphatic rings. The number of amidine groups is 1. The predicted octanol–water partition coefficient (Wildman–Crippen LogP) is 4.83. The van der Waals surface area contributed by atoms with Crippen LogP contribution in [0.25, 0.3) is 15.8 Å². The summed E-state index contributed by atoms with van der Waals surface area (Å²) >= 11 is 5.00. The van der Waals surface area contributed by atoms with Crippen molar-refractivity contribution >= 4 is 54.6 Å². The van der Waals surface area contributed by atoms with Gasteiger partial charge in [-0.25, -0.2) is 4.98 Å². The summed E-state index contributed by atoms with van der Waals surface area (Å²) in [5, 5.41) is 19.6. The molecular weight excluding hydrogens is 374 g/mol. The molecule has 0 unspecified atom stereocenters. The minimum absolute atomic E-state index is 0.185. The van der Waals surface area contributed by atoms with Crippen molar-refractivity contribution in [3.05, 3.63) is 63.8 Å². The third-order valence-corrected chi connectivity index (χ3v) is 5.48. The van der Waals surface area contributed by atoms with Crippen LogP contribution in [0.4, 0.5) is 5.69 Å². The molecule has 4 nitrogen and oxygen atoms in total. The van der Waals surface area contributed by atoms with Crippen molar-refractivity contribution < 1.29 is 5.11 Å². The highest BCUT2D eigenvalue weighted by molar-refractivity contribution is 9.10. The van der Waals surface area contributed by atoms with E-state index in [1.807, 2.05) is 48.5 Å². The number of rotatable bonds is 2. The number of hydrogen-bond donors (Lipinski definition) is 2. The van der Waals surface area contributed by atoms with Crippen molar-refractivity contribution in [3.63, 3.8) is 0 Å². The quantitative estimate of drug-likeness (QED) is 0.664. The van der Waals surface area contributed by atoms with Gasteiger partial charge in [0.15, 0.2) is 0 Å². The molecule has 1 aromatic heterocycles. The standard InChI is InChI=1S/C17H12BrN3OS/c18-10-5-1-3-7-12(10)21-9-13(22)15(16(21)19)17-20-11-6-2-4-8-14(11)23-17/h1-8,19,22H,9H2. The van der Waals surface area contributed by atoms with Crippen molar-refractivity contribution in [1.29, 1.82) is 5.41 Å². The largest absolute Gasteiger partial charge is 0.510 e. The molecule has 114 valence electrons. The van der Waals surface area contributed by atoms with Gasteiger partial charge in [0.1, 0.15) is 16.6 Å². The summed E-state index contributed by atoms with van der Waals surface area (Å²) in [5.74, 6) is 0.457. The number of anilines is 1. The van der Waals surface area contributed by atoms with Crippen LogP contribution in [0.2, 0.25) is 0 Å². The summed E-state index contributed by atoms with van der Waals surface area (Å²) in [6, 6.07) is 15.5. The second-order valence-corrected chi connectivity index (χ2v) is 7.08. The van der Waals surface area contributed by atoms with Crippen LogP contribution in [0, 0.1) is 5.41 Å². The molecule has 0 amide bonds. The number of para-hydroxylation sites is 2. The summed E-state index contributed by atoms with van der Waals surface area (Å²) < 4.78 is 1.94. The molecular formula is C17H12BrN3OS. The molecule has 0 spiro atoms. The summed E-state index contributed by atoms with van der Waals surface area (Å²) in [5.41, 5.74) is 2.27. The van der Waals surface area contributed by atoms with Gasteiger partial charge in [-0.15, -0.1) is 11.3 Å². The zero-order valence-electron chi connectivity index (χ0n) is 12.0. The maximum absolute atomic E-state index is 10.4. The number of aliphatic hydroxyl groups is 1. The summed E-state index contributed by atoms with van der Waals surface area (Å²) in [7, 11) is 0. The Morgan fingerprint density at radius 3 is 2.65 bits per heavy atom. The Morgan fingerprint density at radius 1 is 1.13 bits per heavy atom. The first-order valence-electron chi connectivity index (χ1n) is 7.04. The van der Waals surface area contributed by atoms with Crippen molar-refractivity contribution in [2.75, 3.05) is 11.4 Å². The average molecular weight is 386 g/mol. The Balaban J connectivity index is 1.76. The lowest BCUT2D eigenvalue weighted by Crippen LogP contribution is -2.26. The number of aromatic nitrogens is 1. The highest BCUT2D eigenvalue weighted by Gasteiger charge is 2.32. The lowest BCUT2D eigenvalue weighted by Gasteiger charge is -2.19. The van der Waals surface area contributed by atoms with Crippen molar-refractivity contribution in [1.82, 2.24) is 4.98 Å². The second-order valence-electron chi connectivity index (χ2n) is 5.19. The number of aliphatic hydroxyl groups excluding tert-OH is 1. The Bertz CT molecular complexity index is 930. The number of nitrogens with one attached hydrogen (secondary N) is 1. The van der Waals surface area contributed by atoms with E-state index in [-0.39, 0.29) is 18.1 Å². The van der Waals surface area contributed by atoms with Crippen LogP contribution >= 0.6 is 27.3 Å². The topological polar surface area (TPSA) is 60.2 Å². The van der Waals surface area contributed by atoms with Crippen LogP contribution in [-0.2, 0) is 0 Å². The highest BCUT2D eigenvalue weighted by atomic mass is 79.9. The van der Waals surface area contributed by atoms with Gasteiger partial charge in [-0.3, -0.25) is 5.41 Å². The first kappa shape index (κ1) is 14.4. The van der Waals surface area contributed by atoms with Crippen molar-refractivity contribution in [3.8, 4) is 0 Å². The van der Waals surface area contributed by atoms with E-state index in [0.717, 1.165) is 20.4 Å². The minimum Gasteiger partial charge on any atom is -0.510 e. The zero-order valence-corrected chi connectivity index (χ0v) is 14.4. The highest BCUT2D eigenvalue weighted by Crippen LogP contribution is 2.37. The van der Waals surface area contributed by atoms with Crippen molar-refractivity contribution in [2.45, 2.75) is 0 Å². The van der Waals surface area contributed by atoms with Crippen LogP contribution in [0.3, 0.4) is 0 Å². The first-order valence-corrected chi connectivity index (χ1v) is 8.65. The van der Waals surface area contributed by atoms with E-state index in [1.165, 1.54) is 11.3 Å². The second kappa shape index (κ2) is 5.47. The molecule has 23 heavy (non-hydrogen) atoms. The third kappa shape index (κ3) is 2.34. The van der Waals surface area contributed by atoms with Crippen LogP contribution in [0.1, 0.15) is 5.01 Å². The van der Waals surface area contributed by atoms with E-state index >= 15 is 0 Å². The normalized spacial score (nSPS) is 15.0. The third-order valence-electron chi connectivity index (χ3n) is 3.75. The molecule has 2 N–H and O–H groups in total. The molecule has 6 heteroatoms. The van der Waals surface area contributed by atoms with Crippen LogP contribution < -0.4 is 4.90 Å². The molecule has 4 rings (SSSR count). The number of halogens is 1. The molecule has 3 aromatic rings. The van der Waals surface area contributed by atoms with Gasteiger partial charge in [0.2, 0.25) is 0 Å². The molecule has 0 radical (unpaired) electrons. The van der Waals surface area contributed by atoms with E-state index in [2.05, 4.69) is 20.9 Å². The van der Waals surface area contributed by atoms with Crippen molar-refractivity contribution in [2.24, 2.45) is 0 Å². The van der Waals surface area contributed by atoms with E-state index < -0.39 is 0 Å². The van der Waals surface area contributed by atoms with Gasteiger partial charge >= 0.3 is 0 Å². The lowest BCUT2D eigenvalue weighted by atomic mass is 10.2. The van der Waals surface area contributed by atoms with E-state index in [4.69, 9.17) is 5.41 Å². The fraction of sp³-hybridized carbons (Fsp3) is 0.0588. The number of fused-ring (bicyclic) bond motifs is 1. The van der Waals surface area contributed by atoms with Gasteiger partial charge in [0, 0.05) is 4.47 Å². The molecule has 0 bridgehead atoms. The van der Waals surface area contributed by atoms with Gasteiger partial charge in [-0.05, 0) is 40.2 Å². The van der Waals surface area contributed by atoms with E-state index in [9.17, 15) is 5.11 Å². The molecule has 0 atom stereocenters. The molecule has 2 heterocycles. The summed E-state index contributed by atoms with van der Waals surface area (Å²) in [6.45, 7) is 0.284. The molecule has 0 aliphatic carbocycles. The SMILES string of the molecule is N=C1C(c2nc3ccccc3s2)=C(O)CN1c1ccccc1Br. The molecule has 0 saturated carbocycles. The number of hydrogen-bond acceptors (Lipinski definition) is 4. The van der Waals surface area contributed by atoms with E-state index in [0.29, 0.717) is 10.6 Å². The predicted molar refractivity (Wildman–Crippen MR) is 98.4 cm³/mol. The van der Waals surface area contributed by atoms with Gasteiger partial charge in [-0.1, -0.05) is 24.3 Å². The first-order chi connectivity index (χ1) is 11.1. The number of benzene rings is 2. The molecule has 0 saturated heterocycles.